The molecule has 0 aliphatic carbocycles. The number of aromatic hydroxyl groups is 2. The third kappa shape index (κ3) is 5.31. The number of aryl methyl sites for hydroxylation is 4. The molecule has 28 heavy (non-hydrogen) atoms. The molecule has 154 valence electrons. The minimum atomic E-state index is 0.308. The van der Waals surface area contributed by atoms with Crippen LogP contribution in [-0.4, -0.2) is 10.2 Å². The van der Waals surface area contributed by atoms with Crippen LogP contribution in [0.4, 0.5) is 0 Å². The first-order chi connectivity index (χ1) is 13.4. The molecule has 2 heteroatoms. The van der Waals surface area contributed by atoms with Gasteiger partial charge in [-0.2, -0.15) is 0 Å². The average Bonchev–Trinajstić information content (AvgIpc) is 2.67. The van der Waals surface area contributed by atoms with E-state index in [-0.39, 0.29) is 0 Å². The summed E-state index contributed by atoms with van der Waals surface area (Å²) in [7, 11) is 0. The summed E-state index contributed by atoms with van der Waals surface area (Å²) in [6.45, 7) is 10.6. The lowest BCUT2D eigenvalue weighted by atomic mass is 9.79. The molecule has 0 aliphatic heterocycles. The maximum Gasteiger partial charge on any atom is 0.118 e. The van der Waals surface area contributed by atoms with Gasteiger partial charge in [-0.1, -0.05) is 52.2 Å². The Bertz CT molecular complexity index is 713. The zero-order valence-electron chi connectivity index (χ0n) is 18.4. The summed E-state index contributed by atoms with van der Waals surface area (Å²) in [4.78, 5) is 0. The molecule has 0 saturated heterocycles. The molecule has 2 aromatic carbocycles. The van der Waals surface area contributed by atoms with Gasteiger partial charge in [0.2, 0.25) is 0 Å². The molecule has 2 nitrogen and oxygen atoms in total. The van der Waals surface area contributed by atoms with Crippen molar-refractivity contribution < 1.29 is 10.2 Å². The Kier molecular flexibility index (Phi) is 8.41. The maximum absolute atomic E-state index is 10.3. The quantitative estimate of drug-likeness (QED) is 0.451. The van der Waals surface area contributed by atoms with E-state index in [0.29, 0.717) is 17.4 Å². The lowest BCUT2D eigenvalue weighted by molar-refractivity contribution is 0.469. The first kappa shape index (κ1) is 22.3. The summed E-state index contributed by atoms with van der Waals surface area (Å²) >= 11 is 0. The Morgan fingerprint density at radius 3 is 1.46 bits per heavy atom. The van der Waals surface area contributed by atoms with E-state index in [1.165, 1.54) is 22.3 Å². The Morgan fingerprint density at radius 2 is 1.11 bits per heavy atom. The summed E-state index contributed by atoms with van der Waals surface area (Å²) in [5.41, 5.74) is 7.15. The zero-order valence-corrected chi connectivity index (χ0v) is 18.4. The number of benzene rings is 2. The van der Waals surface area contributed by atoms with Crippen LogP contribution in [0.5, 0.6) is 11.5 Å². The van der Waals surface area contributed by atoms with Gasteiger partial charge in [-0.25, -0.2) is 0 Å². The van der Waals surface area contributed by atoms with Crippen LogP contribution < -0.4 is 0 Å². The molecule has 0 atom stereocenters. The Morgan fingerprint density at radius 1 is 0.679 bits per heavy atom. The minimum absolute atomic E-state index is 0.308. The number of phenols is 2. The van der Waals surface area contributed by atoms with Gasteiger partial charge in [0.05, 0.1) is 0 Å². The average molecular weight is 383 g/mol. The summed E-state index contributed by atoms with van der Waals surface area (Å²) in [5, 5.41) is 20.6. The van der Waals surface area contributed by atoms with Gasteiger partial charge in [-0.05, 0) is 91.5 Å². The second-order valence-corrected chi connectivity index (χ2v) is 8.22. The van der Waals surface area contributed by atoms with Crippen LogP contribution in [0.25, 0.3) is 0 Å². The normalized spacial score (nSPS) is 11.4. The van der Waals surface area contributed by atoms with Crippen molar-refractivity contribution in [1.29, 1.82) is 0 Å². The highest BCUT2D eigenvalue weighted by Gasteiger charge is 2.22. The lowest BCUT2D eigenvalue weighted by Gasteiger charge is -2.25. The molecule has 2 aromatic rings. The van der Waals surface area contributed by atoms with Gasteiger partial charge < -0.3 is 10.2 Å². The highest BCUT2D eigenvalue weighted by atomic mass is 16.3. The van der Waals surface area contributed by atoms with Crippen LogP contribution in [0.1, 0.15) is 98.6 Å². The number of rotatable bonds is 10. The fraction of sp³-hybridized carbons (Fsp3) is 0.538. The first-order valence-corrected chi connectivity index (χ1v) is 11.1. The summed E-state index contributed by atoms with van der Waals surface area (Å²) in [5.74, 6) is 1.11. The van der Waals surface area contributed by atoms with Crippen molar-refractivity contribution in [1.82, 2.24) is 0 Å². The van der Waals surface area contributed by atoms with Crippen molar-refractivity contribution in [2.24, 2.45) is 0 Å². The molecule has 2 N–H and O–H groups in total. The Hall–Kier alpha value is -1.96. The van der Waals surface area contributed by atoms with Crippen molar-refractivity contribution in [3.05, 3.63) is 57.6 Å². The van der Waals surface area contributed by atoms with Gasteiger partial charge in [0.15, 0.2) is 0 Å². The molecule has 0 saturated carbocycles. The van der Waals surface area contributed by atoms with E-state index in [1.807, 2.05) is 26.0 Å². The number of hydrogen-bond donors (Lipinski definition) is 2. The van der Waals surface area contributed by atoms with E-state index in [2.05, 4.69) is 32.9 Å². The SMILES string of the molecule is CCCCc1cc(O)c(C)cc1C(CCC)c1cc(C)c(O)cc1CCCC. The monoisotopic (exact) mass is 382 g/mol. The third-order valence-corrected chi connectivity index (χ3v) is 5.84. The largest absolute Gasteiger partial charge is 0.508 e. The summed E-state index contributed by atoms with van der Waals surface area (Å²) in [6.07, 6.45) is 8.73. The lowest BCUT2D eigenvalue weighted by Crippen LogP contribution is -2.09. The fourth-order valence-electron chi connectivity index (χ4n) is 4.11. The standard InChI is InChI=1S/C26H38O2/c1-6-9-12-20-16-25(27)18(4)14-23(20)22(11-8-3)24-15-19(5)26(28)17-21(24)13-10-7-2/h14-17,22,27-28H,6-13H2,1-5H3. The molecule has 0 heterocycles. The molecule has 0 radical (unpaired) electrons. The summed E-state index contributed by atoms with van der Waals surface area (Å²) in [6, 6.07) is 8.38. The highest BCUT2D eigenvalue weighted by molar-refractivity contribution is 5.50. The van der Waals surface area contributed by atoms with Crippen LogP contribution in [0.3, 0.4) is 0 Å². The van der Waals surface area contributed by atoms with E-state index in [0.717, 1.165) is 62.5 Å². The van der Waals surface area contributed by atoms with E-state index >= 15 is 0 Å². The van der Waals surface area contributed by atoms with Crippen molar-refractivity contribution in [3.8, 4) is 11.5 Å². The van der Waals surface area contributed by atoms with Crippen LogP contribution in [0, 0.1) is 13.8 Å². The van der Waals surface area contributed by atoms with Crippen molar-refractivity contribution in [2.45, 2.75) is 91.9 Å². The van der Waals surface area contributed by atoms with Gasteiger partial charge >= 0.3 is 0 Å². The summed E-state index contributed by atoms with van der Waals surface area (Å²) < 4.78 is 0. The Labute approximate surface area is 171 Å². The van der Waals surface area contributed by atoms with Crippen LogP contribution in [0.15, 0.2) is 24.3 Å². The molecule has 0 amide bonds. The fourth-order valence-corrected chi connectivity index (χ4v) is 4.11. The third-order valence-electron chi connectivity index (χ3n) is 5.84. The van der Waals surface area contributed by atoms with Gasteiger partial charge in [-0.3, -0.25) is 0 Å². The van der Waals surface area contributed by atoms with Gasteiger partial charge in [-0.15, -0.1) is 0 Å². The van der Waals surface area contributed by atoms with E-state index in [4.69, 9.17) is 0 Å². The molecule has 0 bridgehead atoms. The van der Waals surface area contributed by atoms with E-state index in [1.54, 1.807) is 0 Å². The molecule has 0 aromatic heterocycles. The second-order valence-electron chi connectivity index (χ2n) is 8.22. The predicted molar refractivity (Wildman–Crippen MR) is 120 cm³/mol. The molecule has 0 unspecified atom stereocenters. The van der Waals surface area contributed by atoms with Crippen molar-refractivity contribution in [3.63, 3.8) is 0 Å². The number of phenolic OH excluding ortho intramolecular Hbond substituents is 2. The molecular formula is C26H38O2. The molecular weight excluding hydrogens is 344 g/mol. The van der Waals surface area contributed by atoms with Crippen molar-refractivity contribution >= 4 is 0 Å². The maximum atomic E-state index is 10.3. The van der Waals surface area contributed by atoms with Gasteiger partial charge in [0.1, 0.15) is 11.5 Å². The minimum Gasteiger partial charge on any atom is -0.508 e. The zero-order chi connectivity index (χ0) is 20.7. The number of unbranched alkanes of at least 4 members (excludes halogenated alkanes) is 2. The van der Waals surface area contributed by atoms with E-state index < -0.39 is 0 Å². The molecule has 0 aliphatic rings. The second kappa shape index (κ2) is 10.5. The first-order valence-electron chi connectivity index (χ1n) is 11.1. The van der Waals surface area contributed by atoms with E-state index in [9.17, 15) is 10.2 Å². The van der Waals surface area contributed by atoms with Crippen LogP contribution in [-0.2, 0) is 12.8 Å². The van der Waals surface area contributed by atoms with Gasteiger partial charge in [0, 0.05) is 5.92 Å². The topological polar surface area (TPSA) is 40.5 Å². The van der Waals surface area contributed by atoms with Crippen LogP contribution in [0.2, 0.25) is 0 Å². The molecule has 0 fully saturated rings. The Balaban J connectivity index is 2.63. The highest BCUT2D eigenvalue weighted by Crippen LogP contribution is 2.39. The van der Waals surface area contributed by atoms with Crippen LogP contribution >= 0.6 is 0 Å². The predicted octanol–water partition coefficient (Wildman–Crippen LogP) is 7.33. The van der Waals surface area contributed by atoms with Crippen molar-refractivity contribution in [2.75, 3.05) is 0 Å². The van der Waals surface area contributed by atoms with Gasteiger partial charge in [0.25, 0.3) is 0 Å². The smallest absolute Gasteiger partial charge is 0.118 e. The molecule has 0 spiro atoms. The molecule has 2 rings (SSSR count). The number of hydrogen-bond acceptors (Lipinski definition) is 2.